The first-order valence-corrected chi connectivity index (χ1v) is 7.46. The lowest BCUT2D eigenvalue weighted by molar-refractivity contribution is -0.148. The highest BCUT2D eigenvalue weighted by atomic mass is 16.4. The van der Waals surface area contributed by atoms with Gasteiger partial charge in [-0.25, -0.2) is 0 Å². The molecule has 3 N–H and O–H groups in total. The van der Waals surface area contributed by atoms with E-state index < -0.39 is 30.4 Å². The maximum Gasteiger partial charge on any atom is 0.309 e. The molecule has 0 amide bonds. The predicted molar refractivity (Wildman–Crippen MR) is 77.0 cm³/mol. The Morgan fingerprint density at radius 1 is 0.905 bits per heavy atom. The number of hydrogen-bond acceptors (Lipinski definition) is 4. The smallest absolute Gasteiger partial charge is 0.309 e. The molecule has 0 aromatic heterocycles. The summed E-state index contributed by atoms with van der Waals surface area (Å²) >= 11 is 0. The molecule has 6 nitrogen and oxygen atoms in total. The van der Waals surface area contributed by atoms with Gasteiger partial charge in [-0.3, -0.25) is 9.59 Å². The number of aliphatic hydroxyl groups is 1. The Kier molecular flexibility index (Phi) is 10.5. The van der Waals surface area contributed by atoms with Gasteiger partial charge in [-0.1, -0.05) is 32.1 Å². The molecule has 0 aliphatic rings. The number of rotatable bonds is 13. The second-order valence-corrected chi connectivity index (χ2v) is 5.47. The largest absolute Gasteiger partial charge is 0.481 e. The molecule has 0 spiro atoms. The normalized spacial score (nSPS) is 13.6. The fraction of sp³-hybridized carbons (Fsp3) is 0.800. The van der Waals surface area contributed by atoms with E-state index in [0.717, 1.165) is 32.1 Å². The van der Waals surface area contributed by atoms with Gasteiger partial charge in [-0.15, -0.1) is 0 Å². The third-order valence-electron chi connectivity index (χ3n) is 3.46. The summed E-state index contributed by atoms with van der Waals surface area (Å²) in [6, 6.07) is 0. The molecule has 0 saturated heterocycles. The van der Waals surface area contributed by atoms with Crippen LogP contribution in [-0.2, 0) is 14.4 Å². The van der Waals surface area contributed by atoms with Gasteiger partial charge in [0.2, 0.25) is 0 Å². The van der Waals surface area contributed by atoms with E-state index in [1.165, 1.54) is 0 Å². The number of ketones is 1. The van der Waals surface area contributed by atoms with Gasteiger partial charge >= 0.3 is 11.9 Å². The molecular weight excluding hydrogens is 276 g/mol. The number of carbonyl (C=O) groups excluding carboxylic acids is 1. The van der Waals surface area contributed by atoms with Crippen molar-refractivity contribution in [2.45, 2.75) is 70.8 Å². The minimum Gasteiger partial charge on any atom is -0.481 e. The average molecular weight is 302 g/mol. The van der Waals surface area contributed by atoms with E-state index in [4.69, 9.17) is 10.2 Å². The summed E-state index contributed by atoms with van der Waals surface area (Å²) in [4.78, 5) is 32.2. The van der Waals surface area contributed by atoms with Crippen LogP contribution < -0.4 is 0 Å². The highest BCUT2D eigenvalue weighted by Crippen LogP contribution is 2.18. The Hall–Kier alpha value is -1.43. The lowest BCUT2D eigenvalue weighted by atomic mass is 9.93. The third-order valence-corrected chi connectivity index (χ3v) is 3.46. The Bertz CT molecular complexity index is 339. The number of Topliss-reactive ketones (excluding diaryl/α,β-unsaturated/α-hetero) is 1. The Morgan fingerprint density at radius 3 is 1.90 bits per heavy atom. The molecule has 0 aromatic rings. The summed E-state index contributed by atoms with van der Waals surface area (Å²) in [5.74, 6) is -3.16. The summed E-state index contributed by atoms with van der Waals surface area (Å²) in [6.07, 6.45) is 4.37. The molecule has 0 radical (unpaired) electrons. The van der Waals surface area contributed by atoms with Crippen LogP contribution >= 0.6 is 0 Å². The maximum atomic E-state index is 11.0. The minimum absolute atomic E-state index is 0.201. The van der Waals surface area contributed by atoms with Gasteiger partial charge in [0.1, 0.15) is 5.78 Å². The first kappa shape index (κ1) is 19.6. The number of carboxylic acid groups (broad SMARTS) is 2. The van der Waals surface area contributed by atoms with Crippen molar-refractivity contribution in [2.75, 3.05) is 0 Å². The highest BCUT2D eigenvalue weighted by molar-refractivity contribution is 5.75. The topological polar surface area (TPSA) is 112 Å². The van der Waals surface area contributed by atoms with E-state index in [1.54, 1.807) is 6.92 Å². The molecule has 0 aliphatic heterocycles. The van der Waals surface area contributed by atoms with Crippen molar-refractivity contribution in [3.8, 4) is 0 Å². The Morgan fingerprint density at radius 2 is 1.43 bits per heavy atom. The van der Waals surface area contributed by atoms with Crippen molar-refractivity contribution in [1.29, 1.82) is 0 Å². The van der Waals surface area contributed by atoms with Crippen molar-refractivity contribution >= 4 is 17.7 Å². The molecule has 6 heteroatoms. The zero-order chi connectivity index (χ0) is 16.3. The lowest BCUT2D eigenvalue weighted by Gasteiger charge is -2.17. The summed E-state index contributed by atoms with van der Waals surface area (Å²) in [7, 11) is 0. The lowest BCUT2D eigenvalue weighted by Crippen LogP contribution is -2.30. The van der Waals surface area contributed by atoms with Crippen LogP contribution in [-0.4, -0.2) is 39.1 Å². The molecule has 0 bridgehead atoms. The first-order valence-electron chi connectivity index (χ1n) is 7.46. The summed E-state index contributed by atoms with van der Waals surface area (Å²) in [6.45, 7) is 1.58. The van der Waals surface area contributed by atoms with E-state index in [2.05, 4.69) is 0 Å². The molecule has 2 atom stereocenters. The van der Waals surface area contributed by atoms with Crippen molar-refractivity contribution in [3.05, 3.63) is 0 Å². The zero-order valence-electron chi connectivity index (χ0n) is 12.6. The van der Waals surface area contributed by atoms with Crippen LogP contribution in [0, 0.1) is 5.92 Å². The summed E-state index contributed by atoms with van der Waals surface area (Å²) in [5.41, 5.74) is 0. The average Bonchev–Trinajstić information content (AvgIpc) is 2.34. The second kappa shape index (κ2) is 11.3. The molecule has 0 unspecified atom stereocenters. The van der Waals surface area contributed by atoms with Crippen LogP contribution in [0.1, 0.15) is 64.7 Å². The summed E-state index contributed by atoms with van der Waals surface area (Å²) < 4.78 is 0. The highest BCUT2D eigenvalue weighted by Gasteiger charge is 2.27. The Labute approximate surface area is 125 Å². The number of carboxylic acids is 2. The van der Waals surface area contributed by atoms with Gasteiger partial charge in [-0.2, -0.15) is 0 Å². The van der Waals surface area contributed by atoms with Gasteiger partial charge in [0.15, 0.2) is 0 Å². The maximum absolute atomic E-state index is 11.0. The molecular formula is C15H26O6. The molecule has 0 aromatic carbocycles. The zero-order valence-corrected chi connectivity index (χ0v) is 12.6. The molecule has 0 rings (SSSR count). The number of aliphatic carboxylic acids is 2. The molecule has 21 heavy (non-hydrogen) atoms. The van der Waals surface area contributed by atoms with E-state index >= 15 is 0 Å². The van der Waals surface area contributed by atoms with Crippen molar-refractivity contribution < 1.29 is 29.7 Å². The SMILES string of the molecule is CC(=O)CCCCCCCC[C@@H](C(=O)O)[C@H](O)CC(=O)O. The van der Waals surface area contributed by atoms with Crippen molar-refractivity contribution in [3.63, 3.8) is 0 Å². The summed E-state index contributed by atoms with van der Waals surface area (Å²) in [5, 5.41) is 27.1. The number of hydrogen-bond donors (Lipinski definition) is 3. The van der Waals surface area contributed by atoms with Gasteiger partial charge in [0.05, 0.1) is 18.4 Å². The molecule has 122 valence electrons. The van der Waals surface area contributed by atoms with Gasteiger partial charge in [0, 0.05) is 6.42 Å². The fourth-order valence-corrected chi connectivity index (χ4v) is 2.25. The predicted octanol–water partition coefficient (Wildman–Crippen LogP) is 2.23. The van der Waals surface area contributed by atoms with E-state index in [1.807, 2.05) is 0 Å². The van der Waals surface area contributed by atoms with E-state index in [-0.39, 0.29) is 12.2 Å². The van der Waals surface area contributed by atoms with Crippen molar-refractivity contribution in [1.82, 2.24) is 0 Å². The van der Waals surface area contributed by atoms with Gasteiger partial charge in [0.25, 0.3) is 0 Å². The third kappa shape index (κ3) is 11.0. The van der Waals surface area contributed by atoms with Crippen LogP contribution in [0.3, 0.4) is 0 Å². The second-order valence-electron chi connectivity index (χ2n) is 5.47. The van der Waals surface area contributed by atoms with Crippen LogP contribution in [0.4, 0.5) is 0 Å². The van der Waals surface area contributed by atoms with Gasteiger partial charge in [-0.05, 0) is 19.8 Å². The number of aliphatic hydroxyl groups excluding tert-OH is 1. The molecule has 0 heterocycles. The molecule has 0 saturated carbocycles. The monoisotopic (exact) mass is 302 g/mol. The van der Waals surface area contributed by atoms with Crippen molar-refractivity contribution in [2.24, 2.45) is 5.92 Å². The van der Waals surface area contributed by atoms with Gasteiger partial charge < -0.3 is 20.1 Å². The fourth-order valence-electron chi connectivity index (χ4n) is 2.25. The van der Waals surface area contributed by atoms with Crippen LogP contribution in [0.2, 0.25) is 0 Å². The van der Waals surface area contributed by atoms with E-state index in [0.29, 0.717) is 12.8 Å². The first-order chi connectivity index (χ1) is 9.84. The standard InChI is InChI=1S/C15H26O6/c1-11(16)8-6-4-2-3-5-7-9-12(15(20)21)13(17)10-14(18)19/h12-13,17H,2-10H2,1H3,(H,18,19)(H,20,21)/t12-,13-/m1/s1. The molecule has 0 aliphatic carbocycles. The van der Waals surface area contributed by atoms with E-state index in [9.17, 15) is 19.5 Å². The van der Waals surface area contributed by atoms with Crippen LogP contribution in [0.5, 0.6) is 0 Å². The Balaban J connectivity index is 3.77. The molecule has 0 fully saturated rings. The van der Waals surface area contributed by atoms with Crippen LogP contribution in [0.15, 0.2) is 0 Å². The minimum atomic E-state index is -1.34. The number of carbonyl (C=O) groups is 3. The number of unbranched alkanes of at least 4 members (excludes halogenated alkanes) is 5. The van der Waals surface area contributed by atoms with Crippen LogP contribution in [0.25, 0.3) is 0 Å². The quantitative estimate of drug-likeness (QED) is 0.450.